The van der Waals surface area contributed by atoms with Crippen LogP contribution in [0.25, 0.3) is 0 Å². The summed E-state index contributed by atoms with van der Waals surface area (Å²) in [5.41, 5.74) is 3.68. The molecule has 6 heteroatoms. The molecule has 2 aliphatic rings. The predicted molar refractivity (Wildman–Crippen MR) is 135 cm³/mol. The molecule has 0 aromatic heterocycles. The number of rotatable bonds is 8. The van der Waals surface area contributed by atoms with Crippen molar-refractivity contribution in [1.82, 2.24) is 10.2 Å². The highest BCUT2D eigenvalue weighted by Gasteiger charge is 2.28. The van der Waals surface area contributed by atoms with E-state index in [-0.39, 0.29) is 23.7 Å². The van der Waals surface area contributed by atoms with Gasteiger partial charge in [-0.25, -0.2) is 0 Å². The molecule has 0 bridgehead atoms. The van der Waals surface area contributed by atoms with E-state index in [2.05, 4.69) is 37.1 Å². The number of Topliss-reactive ketones (excluding diaryl/α,β-unsaturated/α-hetero) is 1. The van der Waals surface area contributed by atoms with Gasteiger partial charge in [0.25, 0.3) is 5.91 Å². The molecule has 1 atom stereocenters. The van der Waals surface area contributed by atoms with E-state index in [0.717, 1.165) is 43.0 Å². The third-order valence-electron chi connectivity index (χ3n) is 6.87. The molecule has 1 N–H and O–H groups in total. The topological polar surface area (TPSA) is 71.0 Å². The van der Waals surface area contributed by atoms with Gasteiger partial charge in [0.2, 0.25) is 0 Å². The lowest BCUT2D eigenvalue weighted by Gasteiger charge is -2.29. The molecule has 0 saturated carbocycles. The average molecular weight is 462 g/mol. The summed E-state index contributed by atoms with van der Waals surface area (Å²) >= 11 is 0. The third-order valence-corrected chi connectivity index (χ3v) is 6.87. The molecule has 1 saturated heterocycles. The van der Waals surface area contributed by atoms with Crippen molar-refractivity contribution in [3.05, 3.63) is 64.7 Å². The van der Waals surface area contributed by atoms with Gasteiger partial charge in [-0.05, 0) is 76.0 Å². The van der Waals surface area contributed by atoms with Gasteiger partial charge in [0.1, 0.15) is 5.75 Å². The third kappa shape index (κ3) is 5.39. The van der Waals surface area contributed by atoms with Crippen molar-refractivity contribution in [2.45, 2.75) is 58.0 Å². The van der Waals surface area contributed by atoms with Gasteiger partial charge in [-0.2, -0.15) is 0 Å². The molecular weight excluding hydrogens is 426 g/mol. The number of carbonyl (C=O) groups is 2. The number of amides is 1. The number of methoxy groups -OCH3 is 1. The molecule has 0 aliphatic carbocycles. The summed E-state index contributed by atoms with van der Waals surface area (Å²) in [7, 11) is 1.64. The first-order valence-corrected chi connectivity index (χ1v) is 12.2. The van der Waals surface area contributed by atoms with Gasteiger partial charge < -0.3 is 10.1 Å². The molecule has 0 radical (unpaired) electrons. The number of fused-ring (bicyclic) bond motifs is 1. The second-order valence-corrected chi connectivity index (χ2v) is 9.89. The van der Waals surface area contributed by atoms with E-state index in [9.17, 15) is 9.59 Å². The van der Waals surface area contributed by atoms with Gasteiger partial charge in [-0.1, -0.05) is 25.1 Å². The van der Waals surface area contributed by atoms with Crippen molar-refractivity contribution < 1.29 is 14.3 Å². The molecule has 180 valence electrons. The Hall–Kier alpha value is -2.99. The van der Waals surface area contributed by atoms with Gasteiger partial charge in [0.15, 0.2) is 5.78 Å². The second kappa shape index (κ2) is 10.1. The van der Waals surface area contributed by atoms with Crippen LogP contribution in [0.1, 0.15) is 71.9 Å². The van der Waals surface area contributed by atoms with Crippen LogP contribution in [0, 0.1) is 0 Å². The minimum Gasteiger partial charge on any atom is -0.497 e. The molecule has 2 aromatic carbocycles. The Balaban J connectivity index is 1.48. The predicted octanol–water partition coefficient (Wildman–Crippen LogP) is 4.31. The van der Waals surface area contributed by atoms with Crippen molar-refractivity contribution in [2.75, 3.05) is 26.7 Å². The summed E-state index contributed by atoms with van der Waals surface area (Å²) in [5, 5.41) is 3.06. The molecule has 1 fully saturated rings. The average Bonchev–Trinajstić information content (AvgIpc) is 3.29. The van der Waals surface area contributed by atoms with Crippen LogP contribution in [0.3, 0.4) is 0 Å². The lowest BCUT2D eigenvalue weighted by Crippen LogP contribution is -2.40. The fourth-order valence-electron chi connectivity index (χ4n) is 5.11. The molecule has 4 rings (SSSR count). The fraction of sp³-hybridized carbons (Fsp3) is 0.464. The monoisotopic (exact) mass is 461 g/mol. The zero-order chi connectivity index (χ0) is 24.3. The van der Waals surface area contributed by atoms with Crippen molar-refractivity contribution >= 4 is 17.4 Å². The van der Waals surface area contributed by atoms with E-state index in [1.165, 1.54) is 12.0 Å². The number of benzene rings is 2. The number of nitrogens with zero attached hydrogens (tertiary/aromatic N) is 2. The van der Waals surface area contributed by atoms with Gasteiger partial charge >= 0.3 is 0 Å². The Bertz CT molecular complexity index is 1110. The van der Waals surface area contributed by atoms with Crippen LogP contribution in [-0.4, -0.2) is 60.6 Å². The number of ketones is 1. The van der Waals surface area contributed by atoms with Crippen molar-refractivity contribution in [3.63, 3.8) is 0 Å². The number of likely N-dealkylation sites (N-methyl/N-ethyl adjacent to an activating group) is 1. The Morgan fingerprint density at radius 3 is 2.74 bits per heavy atom. The fourth-order valence-corrected chi connectivity index (χ4v) is 5.11. The summed E-state index contributed by atoms with van der Waals surface area (Å²) < 4.78 is 5.40. The van der Waals surface area contributed by atoms with Crippen LogP contribution in [0.5, 0.6) is 5.75 Å². The van der Waals surface area contributed by atoms with Crippen LogP contribution in [0.15, 0.2) is 47.5 Å². The SMILES string of the molecule is CCN1CCCC1CNC(=O)c1cccc(C(=O)CC2=NC(C)(C)Cc3ccc(OC)cc32)c1. The maximum atomic E-state index is 13.3. The number of hydrogen-bond acceptors (Lipinski definition) is 5. The largest absolute Gasteiger partial charge is 0.497 e. The van der Waals surface area contributed by atoms with E-state index in [1.54, 1.807) is 31.4 Å². The summed E-state index contributed by atoms with van der Waals surface area (Å²) in [5.74, 6) is 0.567. The number of aliphatic imine (C=N–C) groups is 1. The molecule has 1 unspecified atom stereocenters. The Labute approximate surface area is 202 Å². The summed E-state index contributed by atoms with van der Waals surface area (Å²) in [4.78, 5) is 33.4. The maximum absolute atomic E-state index is 13.3. The van der Waals surface area contributed by atoms with Crippen molar-refractivity contribution in [1.29, 1.82) is 0 Å². The Kier molecular flexibility index (Phi) is 7.17. The molecule has 2 aromatic rings. The number of likely N-dealkylation sites (tertiary alicyclic amines) is 1. The van der Waals surface area contributed by atoms with Gasteiger partial charge in [0.05, 0.1) is 24.8 Å². The normalized spacial score (nSPS) is 19.3. The molecular formula is C28H35N3O3. The maximum Gasteiger partial charge on any atom is 0.251 e. The molecule has 2 aliphatic heterocycles. The number of nitrogens with one attached hydrogen (secondary N) is 1. The number of ether oxygens (including phenoxy) is 1. The van der Waals surface area contributed by atoms with E-state index in [4.69, 9.17) is 9.73 Å². The first-order chi connectivity index (χ1) is 16.3. The quantitative estimate of drug-likeness (QED) is 0.595. The van der Waals surface area contributed by atoms with Gasteiger partial charge in [-0.15, -0.1) is 0 Å². The van der Waals surface area contributed by atoms with E-state index >= 15 is 0 Å². The van der Waals surface area contributed by atoms with E-state index in [1.807, 2.05) is 12.1 Å². The smallest absolute Gasteiger partial charge is 0.251 e. The Morgan fingerprint density at radius 1 is 1.18 bits per heavy atom. The molecule has 1 amide bonds. The standard InChI is InChI=1S/C28H35N3O3/c1-5-31-13-7-10-22(31)18-29-27(33)20-9-6-8-19(14-20)26(32)16-25-24-15-23(34-4)12-11-21(24)17-28(2,3)30-25/h6,8-9,11-12,14-15,22H,5,7,10,13,16-18H2,1-4H3,(H,29,33). The van der Waals surface area contributed by atoms with Crippen LogP contribution in [-0.2, 0) is 6.42 Å². The van der Waals surface area contributed by atoms with E-state index < -0.39 is 0 Å². The zero-order valence-electron chi connectivity index (χ0n) is 20.7. The first kappa shape index (κ1) is 24.1. The minimum atomic E-state index is -0.272. The summed E-state index contributed by atoms with van der Waals surface area (Å²) in [6.07, 6.45) is 3.28. The lowest BCUT2D eigenvalue weighted by atomic mass is 9.85. The Morgan fingerprint density at radius 2 is 1.97 bits per heavy atom. The van der Waals surface area contributed by atoms with Crippen molar-refractivity contribution in [2.24, 2.45) is 4.99 Å². The molecule has 34 heavy (non-hydrogen) atoms. The number of hydrogen-bond donors (Lipinski definition) is 1. The van der Waals surface area contributed by atoms with Crippen LogP contribution in [0.2, 0.25) is 0 Å². The number of carbonyl (C=O) groups excluding carboxylic acids is 2. The van der Waals surface area contributed by atoms with Crippen molar-refractivity contribution in [3.8, 4) is 5.75 Å². The zero-order valence-corrected chi connectivity index (χ0v) is 20.7. The van der Waals surface area contributed by atoms with Crippen LogP contribution >= 0.6 is 0 Å². The van der Waals surface area contributed by atoms with Gasteiger partial charge in [-0.3, -0.25) is 19.5 Å². The van der Waals surface area contributed by atoms with Crippen LogP contribution in [0.4, 0.5) is 0 Å². The molecule has 2 heterocycles. The summed E-state index contributed by atoms with van der Waals surface area (Å²) in [6.45, 7) is 9.05. The highest BCUT2D eigenvalue weighted by Crippen LogP contribution is 2.31. The first-order valence-electron chi connectivity index (χ1n) is 12.2. The highest BCUT2D eigenvalue weighted by molar-refractivity contribution is 6.17. The summed E-state index contributed by atoms with van der Waals surface area (Å²) in [6, 6.07) is 13.4. The van der Waals surface area contributed by atoms with E-state index in [0.29, 0.717) is 23.7 Å². The molecule has 6 nitrogen and oxygen atoms in total. The minimum absolute atomic E-state index is 0.0483. The lowest BCUT2D eigenvalue weighted by molar-refractivity contribution is 0.0941. The second-order valence-electron chi connectivity index (χ2n) is 9.89. The molecule has 0 spiro atoms. The highest BCUT2D eigenvalue weighted by atomic mass is 16.5. The van der Waals surface area contributed by atoms with Gasteiger partial charge in [0, 0.05) is 29.3 Å². The van der Waals surface area contributed by atoms with Crippen LogP contribution < -0.4 is 10.1 Å².